The number of rotatable bonds is 6. The molecule has 2 aromatic heterocycles. The Labute approximate surface area is 242 Å². The predicted octanol–water partition coefficient (Wildman–Crippen LogP) is 6.38. The summed E-state index contributed by atoms with van der Waals surface area (Å²) in [5.74, 6) is 1.06. The summed E-state index contributed by atoms with van der Waals surface area (Å²) >= 11 is 12.4. The van der Waals surface area contributed by atoms with Crippen LogP contribution in [0, 0.1) is 5.82 Å². The smallest absolute Gasteiger partial charge is 0.410 e. The van der Waals surface area contributed by atoms with Crippen LogP contribution < -0.4 is 20.1 Å². The molecule has 1 saturated heterocycles. The number of amides is 1. The van der Waals surface area contributed by atoms with Crippen LogP contribution in [0.2, 0.25) is 10.0 Å². The van der Waals surface area contributed by atoms with Crippen LogP contribution in [0.15, 0.2) is 36.7 Å². The molecule has 12 heteroatoms. The second-order valence-electron chi connectivity index (χ2n) is 10.3. The van der Waals surface area contributed by atoms with Crippen LogP contribution >= 0.6 is 23.2 Å². The van der Waals surface area contributed by atoms with Gasteiger partial charge in [0.25, 0.3) is 0 Å². The lowest BCUT2D eigenvalue weighted by molar-refractivity contribution is 0.0240. The first-order chi connectivity index (χ1) is 18.9. The van der Waals surface area contributed by atoms with E-state index < -0.39 is 17.5 Å². The van der Waals surface area contributed by atoms with E-state index in [1.165, 1.54) is 12.1 Å². The second kappa shape index (κ2) is 11.9. The number of nitrogens with two attached hydrogens (primary N) is 1. The van der Waals surface area contributed by atoms with Gasteiger partial charge in [-0.3, -0.25) is 0 Å². The fourth-order valence-electron chi connectivity index (χ4n) is 4.30. The van der Waals surface area contributed by atoms with Crippen LogP contribution in [0.4, 0.5) is 20.8 Å². The minimum Gasteiger partial charge on any atom is -0.494 e. The van der Waals surface area contributed by atoms with Crippen molar-refractivity contribution in [3.63, 3.8) is 0 Å². The van der Waals surface area contributed by atoms with Crippen molar-refractivity contribution in [2.75, 3.05) is 43.9 Å². The number of ether oxygens (including phenoxy) is 3. The molecule has 1 fully saturated rings. The molecule has 214 valence electrons. The van der Waals surface area contributed by atoms with Crippen molar-refractivity contribution in [3.05, 3.63) is 58.1 Å². The van der Waals surface area contributed by atoms with Crippen LogP contribution in [0.3, 0.4) is 0 Å². The number of anilines is 2. The van der Waals surface area contributed by atoms with E-state index in [-0.39, 0.29) is 27.7 Å². The van der Waals surface area contributed by atoms with Gasteiger partial charge in [-0.2, -0.15) is 0 Å². The SMILES string of the molecule is COc1cnc(N2CCN(C(=O)OC(C)(C)C)CC2)cc1-c1cnc(N)c(OC(C)c2c(Cl)ccc(F)c2Cl)c1. The number of hydrogen-bond donors (Lipinski definition) is 1. The Hall–Kier alpha value is -3.50. The van der Waals surface area contributed by atoms with Gasteiger partial charge in [-0.05, 0) is 52.0 Å². The predicted molar refractivity (Wildman–Crippen MR) is 154 cm³/mol. The molecule has 0 aliphatic carbocycles. The molecular formula is C28H32Cl2FN5O4. The molecule has 1 amide bonds. The zero-order valence-electron chi connectivity index (χ0n) is 23.0. The summed E-state index contributed by atoms with van der Waals surface area (Å²) in [6.07, 6.45) is 2.20. The monoisotopic (exact) mass is 591 g/mol. The molecule has 0 saturated carbocycles. The quantitative estimate of drug-likeness (QED) is 0.329. The fraction of sp³-hybridized carbons (Fsp3) is 0.393. The third kappa shape index (κ3) is 6.62. The van der Waals surface area contributed by atoms with E-state index in [9.17, 15) is 9.18 Å². The topological polar surface area (TPSA) is 103 Å². The first-order valence-corrected chi connectivity index (χ1v) is 13.5. The highest BCUT2D eigenvalue weighted by Crippen LogP contribution is 2.39. The highest BCUT2D eigenvalue weighted by molar-refractivity contribution is 6.36. The number of benzene rings is 1. The summed E-state index contributed by atoms with van der Waals surface area (Å²) < 4.78 is 31.2. The molecule has 0 spiro atoms. The highest BCUT2D eigenvalue weighted by atomic mass is 35.5. The van der Waals surface area contributed by atoms with E-state index >= 15 is 0 Å². The Balaban J connectivity index is 1.57. The number of carbonyl (C=O) groups excluding carboxylic acids is 1. The summed E-state index contributed by atoms with van der Waals surface area (Å²) in [6, 6.07) is 6.24. The lowest BCUT2D eigenvalue weighted by Crippen LogP contribution is -2.50. The zero-order valence-corrected chi connectivity index (χ0v) is 24.5. The number of piperazine rings is 1. The van der Waals surface area contributed by atoms with Gasteiger partial charge in [0.15, 0.2) is 11.6 Å². The number of pyridine rings is 2. The minimum atomic E-state index is -0.716. The molecule has 1 atom stereocenters. The third-order valence-corrected chi connectivity index (χ3v) is 7.02. The van der Waals surface area contributed by atoms with Gasteiger partial charge in [-0.15, -0.1) is 0 Å². The normalized spacial score (nSPS) is 14.6. The number of aromatic nitrogens is 2. The number of carbonyl (C=O) groups is 1. The first-order valence-electron chi connectivity index (χ1n) is 12.7. The lowest BCUT2D eigenvalue weighted by Gasteiger charge is -2.36. The fourth-order valence-corrected chi connectivity index (χ4v) is 4.98. The van der Waals surface area contributed by atoms with Crippen molar-refractivity contribution in [2.45, 2.75) is 39.4 Å². The standard InChI is InChI=1S/C28H32Cl2FN5O4/c1-16(24-19(29)6-7-20(31)25(24)30)39-21-12-17(14-34-26(21)32)18-13-23(33-15-22(18)38-5)35-8-10-36(11-9-35)27(37)40-28(2,3)4/h6-7,12-16H,8-11H2,1-5H3,(H2,32,34). The van der Waals surface area contributed by atoms with Crippen molar-refractivity contribution >= 4 is 40.9 Å². The van der Waals surface area contributed by atoms with Gasteiger partial charge in [0.05, 0.1) is 18.3 Å². The second-order valence-corrected chi connectivity index (χ2v) is 11.1. The molecule has 2 N–H and O–H groups in total. The molecule has 3 heterocycles. The maximum Gasteiger partial charge on any atom is 0.410 e. The Morgan fingerprint density at radius 2 is 1.77 bits per heavy atom. The largest absolute Gasteiger partial charge is 0.494 e. The molecule has 9 nitrogen and oxygen atoms in total. The van der Waals surface area contributed by atoms with Gasteiger partial charge < -0.3 is 29.7 Å². The van der Waals surface area contributed by atoms with Crippen molar-refractivity contribution in [2.24, 2.45) is 0 Å². The average Bonchev–Trinajstić information content (AvgIpc) is 2.91. The molecule has 0 radical (unpaired) electrons. The van der Waals surface area contributed by atoms with Gasteiger partial charge in [-0.25, -0.2) is 19.2 Å². The molecule has 1 unspecified atom stereocenters. The van der Waals surface area contributed by atoms with Gasteiger partial charge in [0.1, 0.15) is 29.1 Å². The Kier molecular flexibility index (Phi) is 8.80. The molecular weight excluding hydrogens is 560 g/mol. The number of hydrogen-bond acceptors (Lipinski definition) is 8. The number of methoxy groups -OCH3 is 1. The van der Waals surface area contributed by atoms with E-state index in [2.05, 4.69) is 14.9 Å². The number of nitrogens with zero attached hydrogens (tertiary/aromatic N) is 4. The maximum absolute atomic E-state index is 14.1. The summed E-state index contributed by atoms with van der Waals surface area (Å²) in [5.41, 5.74) is 7.26. The van der Waals surface area contributed by atoms with Crippen LogP contribution in [0.25, 0.3) is 11.1 Å². The summed E-state index contributed by atoms with van der Waals surface area (Å²) in [7, 11) is 1.55. The van der Waals surface area contributed by atoms with Crippen molar-refractivity contribution in [1.29, 1.82) is 0 Å². The molecule has 1 aromatic carbocycles. The zero-order chi connectivity index (χ0) is 29.2. The lowest BCUT2D eigenvalue weighted by atomic mass is 10.1. The van der Waals surface area contributed by atoms with Crippen molar-refractivity contribution in [1.82, 2.24) is 14.9 Å². The molecule has 4 rings (SSSR count). The first kappa shape index (κ1) is 29.5. The third-order valence-electron chi connectivity index (χ3n) is 6.31. The molecule has 40 heavy (non-hydrogen) atoms. The molecule has 1 aliphatic rings. The number of nitrogen functional groups attached to an aromatic ring is 1. The Morgan fingerprint density at radius 1 is 1.07 bits per heavy atom. The maximum atomic E-state index is 14.1. The van der Waals surface area contributed by atoms with Crippen LogP contribution in [0.1, 0.15) is 39.4 Å². The highest BCUT2D eigenvalue weighted by Gasteiger charge is 2.27. The molecule has 0 bridgehead atoms. The van der Waals surface area contributed by atoms with Gasteiger partial charge in [0.2, 0.25) is 0 Å². The summed E-state index contributed by atoms with van der Waals surface area (Å²) in [6.45, 7) is 9.40. The molecule has 1 aliphatic heterocycles. The molecule has 3 aromatic rings. The van der Waals surface area contributed by atoms with E-state index in [0.717, 1.165) is 0 Å². The summed E-state index contributed by atoms with van der Waals surface area (Å²) in [4.78, 5) is 25.1. The van der Waals surface area contributed by atoms with Crippen LogP contribution in [0.5, 0.6) is 11.5 Å². The van der Waals surface area contributed by atoms with Crippen molar-refractivity contribution in [3.8, 4) is 22.6 Å². The number of halogens is 3. The van der Waals surface area contributed by atoms with Gasteiger partial charge >= 0.3 is 6.09 Å². The summed E-state index contributed by atoms with van der Waals surface area (Å²) in [5, 5.41) is 0.156. The van der Waals surface area contributed by atoms with E-state index in [0.29, 0.717) is 54.4 Å². The van der Waals surface area contributed by atoms with E-state index in [1.807, 2.05) is 26.8 Å². The van der Waals surface area contributed by atoms with E-state index in [4.69, 9.17) is 43.1 Å². The van der Waals surface area contributed by atoms with E-state index in [1.54, 1.807) is 37.4 Å². The van der Waals surface area contributed by atoms with Crippen LogP contribution in [-0.4, -0.2) is 59.9 Å². The van der Waals surface area contributed by atoms with Gasteiger partial charge in [-0.1, -0.05) is 23.2 Å². The van der Waals surface area contributed by atoms with Crippen molar-refractivity contribution < 1.29 is 23.4 Å². The average molecular weight is 592 g/mol. The Bertz CT molecular complexity index is 1390. The van der Waals surface area contributed by atoms with Crippen LogP contribution in [-0.2, 0) is 4.74 Å². The van der Waals surface area contributed by atoms with Gasteiger partial charge in [0, 0.05) is 54.1 Å². The Morgan fingerprint density at radius 3 is 2.42 bits per heavy atom. The minimum absolute atomic E-state index is 0.116.